The zero-order valence-electron chi connectivity index (χ0n) is 11.3. The molecule has 10 heteroatoms. The quantitative estimate of drug-likeness (QED) is 0.267. The van der Waals surface area contributed by atoms with E-state index in [1.54, 1.807) is 0 Å². The molecule has 0 aromatic carbocycles. The molecule has 10 nitrogen and oxygen atoms in total. The fourth-order valence-corrected chi connectivity index (χ4v) is 2.21. The molecule has 0 aliphatic carbocycles. The van der Waals surface area contributed by atoms with Crippen molar-refractivity contribution in [2.45, 2.75) is 49.5 Å². The van der Waals surface area contributed by atoms with Gasteiger partial charge in [-0.1, -0.05) is 0 Å². The third-order valence-corrected chi connectivity index (χ3v) is 3.28. The van der Waals surface area contributed by atoms with Crippen LogP contribution in [0.4, 0.5) is 0 Å². The molecule has 1 heterocycles. The second-order valence-electron chi connectivity index (χ2n) is 5.01. The van der Waals surface area contributed by atoms with Crippen LogP contribution < -0.4 is 11.1 Å². The summed E-state index contributed by atoms with van der Waals surface area (Å²) in [7, 11) is 0. The average molecular weight is 308 g/mol. The normalized spacial score (nSPS) is 35.8. The lowest BCUT2D eigenvalue weighted by molar-refractivity contribution is -0.282. The van der Waals surface area contributed by atoms with E-state index in [2.05, 4.69) is 5.32 Å². The number of ether oxygens (including phenoxy) is 1. The number of amides is 1. The molecule has 8 N–H and O–H groups in total. The second-order valence-corrected chi connectivity index (χ2v) is 5.01. The first-order chi connectivity index (χ1) is 9.62. The third-order valence-electron chi connectivity index (χ3n) is 3.28. The minimum Gasteiger partial charge on any atom is -0.477 e. The van der Waals surface area contributed by atoms with Gasteiger partial charge in [-0.25, -0.2) is 4.79 Å². The molecule has 1 fully saturated rings. The van der Waals surface area contributed by atoms with Crippen molar-refractivity contribution in [1.82, 2.24) is 5.32 Å². The zero-order chi connectivity index (χ0) is 16.4. The van der Waals surface area contributed by atoms with E-state index in [0.29, 0.717) is 0 Å². The largest absolute Gasteiger partial charge is 0.477 e. The molecule has 1 aliphatic heterocycles. The van der Waals surface area contributed by atoms with Gasteiger partial charge in [0.15, 0.2) is 0 Å². The molecule has 0 bridgehead atoms. The number of hydrogen-bond donors (Lipinski definition) is 7. The SMILES string of the molecule is CC(=O)N[C@H]1[C@H]([C@H](O)[C@H](O)CO)O[C@](O)(C(=O)O)C[C@@H]1N. The van der Waals surface area contributed by atoms with Crippen LogP contribution in [0.15, 0.2) is 0 Å². The number of nitrogens with one attached hydrogen (secondary N) is 1. The van der Waals surface area contributed by atoms with Gasteiger partial charge in [-0.3, -0.25) is 4.79 Å². The molecule has 0 unspecified atom stereocenters. The van der Waals surface area contributed by atoms with Crippen molar-refractivity contribution in [3.05, 3.63) is 0 Å². The molecule has 0 spiro atoms. The van der Waals surface area contributed by atoms with Crippen LogP contribution >= 0.6 is 0 Å². The smallest absolute Gasteiger partial charge is 0.364 e. The predicted molar refractivity (Wildman–Crippen MR) is 66.8 cm³/mol. The molecular formula is C11H20N2O8. The van der Waals surface area contributed by atoms with Gasteiger partial charge < -0.3 is 41.3 Å². The van der Waals surface area contributed by atoms with E-state index in [-0.39, 0.29) is 0 Å². The van der Waals surface area contributed by atoms with Crippen LogP contribution in [0.1, 0.15) is 13.3 Å². The van der Waals surface area contributed by atoms with E-state index in [1.165, 1.54) is 6.92 Å². The van der Waals surface area contributed by atoms with Crippen LogP contribution in [-0.4, -0.2) is 80.2 Å². The second kappa shape index (κ2) is 6.64. The van der Waals surface area contributed by atoms with Crippen molar-refractivity contribution < 1.29 is 39.9 Å². The summed E-state index contributed by atoms with van der Waals surface area (Å²) in [5, 5.41) is 49.4. The van der Waals surface area contributed by atoms with Gasteiger partial charge >= 0.3 is 5.97 Å². The van der Waals surface area contributed by atoms with Crippen molar-refractivity contribution in [3.63, 3.8) is 0 Å². The summed E-state index contributed by atoms with van der Waals surface area (Å²) < 4.78 is 4.94. The lowest BCUT2D eigenvalue weighted by atomic mass is 9.87. The van der Waals surface area contributed by atoms with Crippen molar-refractivity contribution in [2.24, 2.45) is 5.73 Å². The highest BCUT2D eigenvalue weighted by Crippen LogP contribution is 2.29. The fraction of sp³-hybridized carbons (Fsp3) is 0.818. The Labute approximate surface area is 120 Å². The van der Waals surface area contributed by atoms with E-state index >= 15 is 0 Å². The number of aliphatic carboxylic acids is 1. The Balaban J connectivity index is 3.07. The number of rotatable bonds is 5. The Morgan fingerprint density at radius 3 is 2.48 bits per heavy atom. The molecule has 0 aromatic heterocycles. The van der Waals surface area contributed by atoms with Gasteiger partial charge in [-0.05, 0) is 0 Å². The maximum atomic E-state index is 11.2. The van der Waals surface area contributed by atoms with Crippen molar-refractivity contribution >= 4 is 11.9 Å². The Morgan fingerprint density at radius 2 is 2.05 bits per heavy atom. The summed E-state index contributed by atoms with van der Waals surface area (Å²) in [6.45, 7) is 0.352. The molecule has 0 radical (unpaired) electrons. The van der Waals surface area contributed by atoms with Crippen LogP contribution in [0.5, 0.6) is 0 Å². The number of aliphatic hydroxyl groups excluding tert-OH is 3. The number of carboxylic acid groups (broad SMARTS) is 1. The van der Waals surface area contributed by atoms with Gasteiger partial charge in [-0.2, -0.15) is 0 Å². The van der Waals surface area contributed by atoms with Gasteiger partial charge in [0.25, 0.3) is 5.79 Å². The van der Waals surface area contributed by atoms with E-state index in [1.807, 2.05) is 0 Å². The van der Waals surface area contributed by atoms with E-state index in [4.69, 9.17) is 20.7 Å². The van der Waals surface area contributed by atoms with Crippen molar-refractivity contribution in [1.29, 1.82) is 0 Å². The van der Waals surface area contributed by atoms with E-state index < -0.39 is 61.1 Å². The standard InChI is InChI=1S/C11H20N2O8/c1-4(15)13-7-5(12)2-11(20,10(18)19)21-9(7)8(17)6(16)3-14/h5-9,14,16-17,20H,2-3,12H2,1H3,(H,13,15)(H,18,19)/t5-,6+,7+,8+,9+,11-/m0/s1. The first-order valence-electron chi connectivity index (χ1n) is 6.25. The van der Waals surface area contributed by atoms with Crippen molar-refractivity contribution in [3.8, 4) is 0 Å². The molecule has 21 heavy (non-hydrogen) atoms. The van der Waals surface area contributed by atoms with E-state index in [9.17, 15) is 24.9 Å². The van der Waals surface area contributed by atoms with Crippen molar-refractivity contribution in [2.75, 3.05) is 6.61 Å². The molecular weight excluding hydrogens is 288 g/mol. The highest BCUT2D eigenvalue weighted by atomic mass is 16.7. The first-order valence-corrected chi connectivity index (χ1v) is 6.25. The zero-order valence-corrected chi connectivity index (χ0v) is 11.3. The Morgan fingerprint density at radius 1 is 1.48 bits per heavy atom. The summed E-state index contributed by atoms with van der Waals surface area (Å²) in [5.74, 6) is -4.89. The Bertz CT molecular complexity index is 406. The molecule has 1 amide bonds. The Kier molecular flexibility index (Phi) is 5.61. The summed E-state index contributed by atoms with van der Waals surface area (Å²) in [5.41, 5.74) is 5.74. The van der Waals surface area contributed by atoms with Crippen LogP contribution in [0.2, 0.25) is 0 Å². The lowest BCUT2D eigenvalue weighted by Gasteiger charge is -2.45. The summed E-state index contributed by atoms with van der Waals surface area (Å²) in [6.07, 6.45) is -5.45. The van der Waals surface area contributed by atoms with E-state index in [0.717, 1.165) is 0 Å². The van der Waals surface area contributed by atoms with Crippen LogP contribution in [0, 0.1) is 0 Å². The molecule has 0 saturated carbocycles. The highest BCUT2D eigenvalue weighted by molar-refractivity contribution is 5.76. The fourth-order valence-electron chi connectivity index (χ4n) is 2.21. The minimum atomic E-state index is -2.66. The summed E-state index contributed by atoms with van der Waals surface area (Å²) in [4.78, 5) is 22.2. The third kappa shape index (κ3) is 3.87. The molecule has 122 valence electrons. The topological polar surface area (TPSA) is 183 Å². The van der Waals surface area contributed by atoms with Gasteiger partial charge in [-0.15, -0.1) is 0 Å². The highest BCUT2D eigenvalue weighted by Gasteiger charge is 2.53. The Hall–Kier alpha value is -1.30. The van der Waals surface area contributed by atoms with Gasteiger partial charge in [0.05, 0.1) is 12.6 Å². The number of nitrogens with two attached hydrogens (primary N) is 1. The summed E-state index contributed by atoms with van der Waals surface area (Å²) >= 11 is 0. The first kappa shape index (κ1) is 17.8. The molecule has 0 aromatic rings. The van der Waals surface area contributed by atoms with Crippen LogP contribution in [-0.2, 0) is 14.3 Å². The number of hydrogen-bond acceptors (Lipinski definition) is 8. The maximum absolute atomic E-state index is 11.2. The number of carbonyl (C=O) groups excluding carboxylic acids is 1. The predicted octanol–water partition coefficient (Wildman–Crippen LogP) is -3.91. The molecule has 1 saturated heterocycles. The number of aliphatic hydroxyl groups is 4. The van der Waals surface area contributed by atoms with Gasteiger partial charge in [0.1, 0.15) is 18.3 Å². The van der Waals surface area contributed by atoms with Gasteiger partial charge in [0, 0.05) is 19.4 Å². The number of carboxylic acids is 1. The number of carbonyl (C=O) groups is 2. The van der Waals surface area contributed by atoms with Gasteiger partial charge in [0.2, 0.25) is 5.91 Å². The molecule has 6 atom stereocenters. The summed E-state index contributed by atoms with van der Waals surface area (Å²) in [6, 6.07) is -2.09. The maximum Gasteiger partial charge on any atom is 0.364 e. The molecule has 1 rings (SSSR count). The van der Waals surface area contributed by atoms with Crippen LogP contribution in [0.3, 0.4) is 0 Å². The lowest BCUT2D eigenvalue weighted by Crippen LogP contribution is -2.69. The average Bonchev–Trinajstić information content (AvgIpc) is 2.39. The van der Waals surface area contributed by atoms with Crippen LogP contribution in [0.25, 0.3) is 0 Å². The molecule has 1 aliphatic rings. The monoisotopic (exact) mass is 308 g/mol. The minimum absolute atomic E-state index is 0.518.